The van der Waals surface area contributed by atoms with Gasteiger partial charge in [-0.3, -0.25) is 0 Å². The molecule has 0 amide bonds. The maximum atomic E-state index is 6.50. The molecule has 0 bridgehead atoms. The van der Waals surface area contributed by atoms with Crippen LogP contribution in [0.15, 0.2) is 41.5 Å². The third kappa shape index (κ3) is 4.46. The minimum Gasteiger partial charge on any atom is -0.399 e. The van der Waals surface area contributed by atoms with Crippen LogP contribution in [0.2, 0.25) is 0 Å². The van der Waals surface area contributed by atoms with E-state index in [4.69, 9.17) is 11.5 Å². The van der Waals surface area contributed by atoms with Crippen LogP contribution in [0, 0.1) is 51.8 Å². The molecule has 4 aliphatic carbocycles. The van der Waals surface area contributed by atoms with Gasteiger partial charge in [-0.1, -0.05) is 64.0 Å². The van der Waals surface area contributed by atoms with Crippen molar-refractivity contribution in [3.8, 4) is 0 Å². The normalized spacial score (nSPS) is 40.9. The lowest BCUT2D eigenvalue weighted by Gasteiger charge is -2.62. The van der Waals surface area contributed by atoms with Crippen molar-refractivity contribution >= 4 is 11.4 Å². The van der Waals surface area contributed by atoms with Crippen molar-refractivity contribution < 1.29 is 0 Å². The monoisotopic (exact) mass is 516 g/mol. The molecule has 9 unspecified atom stereocenters. The van der Waals surface area contributed by atoms with E-state index in [2.05, 4.69) is 66.7 Å². The van der Waals surface area contributed by atoms with E-state index in [1.807, 2.05) is 12.1 Å². The number of nitrogens with two attached hydrogens (primary N) is 2. The summed E-state index contributed by atoms with van der Waals surface area (Å²) in [5, 5.41) is 0. The highest BCUT2D eigenvalue weighted by atomic mass is 14.7. The predicted octanol–water partition coefficient (Wildman–Crippen LogP) is 9.61. The number of rotatable bonds is 6. The van der Waals surface area contributed by atoms with Crippen LogP contribution in [0.1, 0.15) is 112 Å². The molecule has 210 valence electrons. The van der Waals surface area contributed by atoms with Crippen molar-refractivity contribution in [1.29, 1.82) is 0 Å². The Morgan fingerprint density at radius 2 is 1.79 bits per heavy atom. The molecule has 3 saturated carbocycles. The van der Waals surface area contributed by atoms with Gasteiger partial charge in [-0.25, -0.2) is 0 Å². The van der Waals surface area contributed by atoms with Crippen LogP contribution in [0.3, 0.4) is 0 Å². The van der Waals surface area contributed by atoms with Gasteiger partial charge in [-0.15, -0.1) is 0 Å². The molecule has 0 saturated heterocycles. The number of hydrogen-bond donors (Lipinski definition) is 2. The van der Waals surface area contributed by atoms with Crippen molar-refractivity contribution in [2.45, 2.75) is 113 Å². The topological polar surface area (TPSA) is 52.0 Å². The number of hydrogen-bond acceptors (Lipinski definition) is 2. The van der Waals surface area contributed by atoms with Crippen LogP contribution in [0.4, 0.5) is 11.4 Å². The SMILES string of the molecule is CC(C)=CCCC(C)C1CCC2C3CC=C4C(C)(Cc5ccc(N)cc5N)C(C)CCC4(C)C3CCC12C. The maximum absolute atomic E-state index is 6.50. The Labute approximate surface area is 234 Å². The van der Waals surface area contributed by atoms with E-state index in [-0.39, 0.29) is 5.41 Å². The van der Waals surface area contributed by atoms with E-state index in [1.54, 1.807) is 5.57 Å². The number of benzene rings is 1. The van der Waals surface area contributed by atoms with Gasteiger partial charge in [0.15, 0.2) is 0 Å². The van der Waals surface area contributed by atoms with Gasteiger partial charge in [0.05, 0.1) is 0 Å². The van der Waals surface area contributed by atoms with E-state index in [0.717, 1.165) is 47.4 Å². The molecule has 5 rings (SSSR count). The fourth-order valence-corrected chi connectivity index (χ4v) is 10.7. The summed E-state index contributed by atoms with van der Waals surface area (Å²) in [6.45, 7) is 17.5. The lowest BCUT2D eigenvalue weighted by Crippen LogP contribution is -2.54. The molecule has 2 nitrogen and oxygen atoms in total. The standard InChI is InChI=1S/C36H56N2/c1-23(2)9-8-10-24(3)29-14-15-30-28-13-16-33-35(6,31(28)18-20-34(29,30)5)19-17-25(4)36(33,7)22-26-11-12-27(37)21-32(26)38/h9,11-12,16,21,24-25,28-31H,8,10,13-15,17-20,22,37-38H2,1-7H3. The summed E-state index contributed by atoms with van der Waals surface area (Å²) in [5.41, 5.74) is 19.7. The van der Waals surface area contributed by atoms with Gasteiger partial charge >= 0.3 is 0 Å². The van der Waals surface area contributed by atoms with Crippen molar-refractivity contribution in [1.82, 2.24) is 0 Å². The highest BCUT2D eigenvalue weighted by Gasteiger charge is 2.61. The van der Waals surface area contributed by atoms with E-state index >= 15 is 0 Å². The first-order valence-electron chi connectivity index (χ1n) is 15.9. The molecule has 1 aromatic rings. The Kier molecular flexibility index (Phi) is 7.36. The van der Waals surface area contributed by atoms with Gasteiger partial charge in [-0.2, -0.15) is 0 Å². The number of allylic oxidation sites excluding steroid dienone is 4. The highest BCUT2D eigenvalue weighted by molar-refractivity contribution is 5.57. The molecule has 9 atom stereocenters. The van der Waals surface area contributed by atoms with Crippen molar-refractivity contribution in [2.24, 2.45) is 51.8 Å². The first-order chi connectivity index (χ1) is 17.9. The predicted molar refractivity (Wildman–Crippen MR) is 165 cm³/mol. The summed E-state index contributed by atoms with van der Waals surface area (Å²) in [6.07, 6.45) is 18.6. The van der Waals surface area contributed by atoms with E-state index in [0.29, 0.717) is 16.7 Å². The summed E-state index contributed by atoms with van der Waals surface area (Å²) in [6, 6.07) is 6.17. The number of anilines is 2. The molecule has 4 aliphatic rings. The van der Waals surface area contributed by atoms with Crippen LogP contribution in [-0.2, 0) is 6.42 Å². The Bertz CT molecular complexity index is 1090. The molecule has 3 fully saturated rings. The van der Waals surface area contributed by atoms with Gasteiger partial charge in [0, 0.05) is 11.4 Å². The average Bonchev–Trinajstić information content (AvgIpc) is 3.21. The van der Waals surface area contributed by atoms with Crippen LogP contribution in [0.5, 0.6) is 0 Å². The molecular weight excluding hydrogens is 460 g/mol. The Morgan fingerprint density at radius 1 is 1.03 bits per heavy atom. The molecular formula is C36H56N2. The lowest BCUT2D eigenvalue weighted by atomic mass is 9.42. The number of nitrogen functional groups attached to an aromatic ring is 2. The van der Waals surface area contributed by atoms with Gasteiger partial charge < -0.3 is 11.5 Å². The Morgan fingerprint density at radius 3 is 2.50 bits per heavy atom. The Balaban J connectivity index is 1.41. The minimum atomic E-state index is 0.167. The van der Waals surface area contributed by atoms with Crippen molar-refractivity contribution in [3.63, 3.8) is 0 Å². The highest BCUT2D eigenvalue weighted by Crippen LogP contribution is 2.70. The second-order valence-electron chi connectivity index (χ2n) is 15.2. The van der Waals surface area contributed by atoms with Gasteiger partial charge in [0.1, 0.15) is 0 Å². The quantitative estimate of drug-likeness (QED) is 0.292. The first kappa shape index (κ1) is 27.9. The van der Waals surface area contributed by atoms with Crippen LogP contribution in [-0.4, -0.2) is 0 Å². The largest absolute Gasteiger partial charge is 0.399 e. The zero-order chi connectivity index (χ0) is 27.5. The van der Waals surface area contributed by atoms with Crippen LogP contribution >= 0.6 is 0 Å². The van der Waals surface area contributed by atoms with Gasteiger partial charge in [-0.05, 0) is 148 Å². The van der Waals surface area contributed by atoms with Gasteiger partial charge in [0.25, 0.3) is 0 Å². The third-order valence-corrected chi connectivity index (χ3v) is 12.9. The Hall–Kier alpha value is -1.70. The zero-order valence-corrected chi connectivity index (χ0v) is 25.6. The van der Waals surface area contributed by atoms with E-state index < -0.39 is 0 Å². The first-order valence-corrected chi connectivity index (χ1v) is 15.9. The summed E-state index contributed by atoms with van der Waals surface area (Å²) >= 11 is 0. The summed E-state index contributed by atoms with van der Waals surface area (Å²) in [7, 11) is 0. The summed E-state index contributed by atoms with van der Waals surface area (Å²) < 4.78 is 0. The molecule has 1 aromatic carbocycles. The molecule has 0 aromatic heterocycles. The molecule has 4 N–H and O–H groups in total. The zero-order valence-electron chi connectivity index (χ0n) is 25.6. The van der Waals surface area contributed by atoms with Crippen molar-refractivity contribution in [3.05, 3.63) is 47.1 Å². The smallest absolute Gasteiger partial charge is 0.0367 e. The van der Waals surface area contributed by atoms with Crippen LogP contribution in [0.25, 0.3) is 0 Å². The second-order valence-corrected chi connectivity index (χ2v) is 15.2. The number of fused-ring (bicyclic) bond motifs is 5. The third-order valence-electron chi connectivity index (χ3n) is 12.9. The molecule has 0 radical (unpaired) electrons. The van der Waals surface area contributed by atoms with Crippen LogP contribution < -0.4 is 11.5 Å². The summed E-state index contributed by atoms with van der Waals surface area (Å²) in [5.74, 6) is 5.04. The molecule has 0 heterocycles. The molecule has 2 heteroatoms. The van der Waals surface area contributed by atoms with E-state index in [9.17, 15) is 0 Å². The minimum absolute atomic E-state index is 0.167. The fraction of sp³-hybridized carbons (Fsp3) is 0.722. The molecule has 0 aliphatic heterocycles. The maximum Gasteiger partial charge on any atom is 0.0367 e. The van der Waals surface area contributed by atoms with E-state index in [1.165, 1.54) is 68.9 Å². The lowest BCUT2D eigenvalue weighted by molar-refractivity contribution is -0.0655. The van der Waals surface area contributed by atoms with Crippen molar-refractivity contribution in [2.75, 3.05) is 11.5 Å². The molecule has 38 heavy (non-hydrogen) atoms. The average molecular weight is 517 g/mol. The van der Waals surface area contributed by atoms with Gasteiger partial charge in [0.2, 0.25) is 0 Å². The molecule has 0 spiro atoms. The second kappa shape index (κ2) is 10.0. The fourth-order valence-electron chi connectivity index (χ4n) is 10.7. The summed E-state index contributed by atoms with van der Waals surface area (Å²) in [4.78, 5) is 0.